The van der Waals surface area contributed by atoms with Crippen LogP contribution in [0.3, 0.4) is 0 Å². The minimum Gasteiger partial charge on any atom is -0.481 e. The summed E-state index contributed by atoms with van der Waals surface area (Å²) >= 11 is 0. The number of halogens is 3. The van der Waals surface area contributed by atoms with E-state index in [1.54, 1.807) is 31.2 Å². The van der Waals surface area contributed by atoms with Crippen molar-refractivity contribution in [1.29, 1.82) is 0 Å². The third-order valence-corrected chi connectivity index (χ3v) is 4.36. The van der Waals surface area contributed by atoms with Gasteiger partial charge in [0.05, 0.1) is 11.6 Å². The van der Waals surface area contributed by atoms with Crippen LogP contribution in [0.4, 0.5) is 18.9 Å². The lowest BCUT2D eigenvalue weighted by Crippen LogP contribution is -2.50. The Bertz CT molecular complexity index is 830. The van der Waals surface area contributed by atoms with Gasteiger partial charge in [0.2, 0.25) is 5.82 Å². The smallest absolute Gasteiger partial charge is 0.451 e. The topological polar surface area (TPSA) is 66.3 Å². The van der Waals surface area contributed by atoms with Gasteiger partial charge < -0.3 is 10.0 Å². The van der Waals surface area contributed by atoms with E-state index in [2.05, 4.69) is 9.97 Å². The van der Waals surface area contributed by atoms with E-state index in [4.69, 9.17) is 5.11 Å². The van der Waals surface area contributed by atoms with Crippen LogP contribution in [0.15, 0.2) is 24.3 Å². The van der Waals surface area contributed by atoms with E-state index < -0.39 is 23.9 Å². The predicted octanol–water partition coefficient (Wildman–Crippen LogP) is 3.30. The molecule has 1 aliphatic rings. The fourth-order valence-corrected chi connectivity index (χ4v) is 2.73. The van der Waals surface area contributed by atoms with E-state index in [-0.39, 0.29) is 11.4 Å². The maximum atomic E-state index is 13.0. The first-order chi connectivity index (χ1) is 11.7. The lowest BCUT2D eigenvalue weighted by atomic mass is 9.98. The summed E-state index contributed by atoms with van der Waals surface area (Å²) in [4.78, 5) is 20.0. The number of nitrogens with zero attached hydrogens (tertiary/aromatic N) is 3. The van der Waals surface area contributed by atoms with Crippen molar-refractivity contribution in [3.8, 4) is 11.3 Å². The molecule has 2 heterocycles. The molecular weight excluding hydrogens is 335 g/mol. The molecule has 1 aliphatic heterocycles. The summed E-state index contributed by atoms with van der Waals surface area (Å²) in [5, 5.41) is 8.95. The van der Waals surface area contributed by atoms with Gasteiger partial charge >= 0.3 is 12.1 Å². The summed E-state index contributed by atoms with van der Waals surface area (Å²) in [6, 6.07) is 6.94. The fraction of sp³-hybridized carbons (Fsp3) is 0.353. The van der Waals surface area contributed by atoms with Gasteiger partial charge in [-0.1, -0.05) is 12.1 Å². The van der Waals surface area contributed by atoms with E-state index in [9.17, 15) is 18.0 Å². The average molecular weight is 351 g/mol. The Kier molecular flexibility index (Phi) is 4.14. The molecule has 2 aromatic rings. The Morgan fingerprint density at radius 1 is 1.24 bits per heavy atom. The molecule has 1 aromatic heterocycles. The standard InChI is InChI=1S/C17H16F3N3O2/c1-9-10(2)21-16(17(18,19)20)22-14(9)11-4-3-5-13(6-11)23-7-12(8-23)15(24)25/h3-6,12H,7-8H2,1-2H3,(H,24,25). The Morgan fingerprint density at radius 3 is 2.52 bits per heavy atom. The van der Waals surface area contributed by atoms with Crippen LogP contribution in [0.25, 0.3) is 11.3 Å². The molecule has 132 valence electrons. The van der Waals surface area contributed by atoms with Crippen molar-refractivity contribution in [2.24, 2.45) is 5.92 Å². The molecule has 0 spiro atoms. The number of benzene rings is 1. The molecule has 8 heteroatoms. The Morgan fingerprint density at radius 2 is 1.92 bits per heavy atom. The lowest BCUT2D eigenvalue weighted by Gasteiger charge is -2.38. The van der Waals surface area contributed by atoms with E-state index in [1.165, 1.54) is 6.92 Å². The second-order valence-electron chi connectivity index (χ2n) is 6.09. The molecule has 0 radical (unpaired) electrons. The molecule has 0 bridgehead atoms. The molecule has 0 saturated carbocycles. The van der Waals surface area contributed by atoms with Crippen LogP contribution in [-0.2, 0) is 11.0 Å². The van der Waals surface area contributed by atoms with Crippen molar-refractivity contribution in [3.63, 3.8) is 0 Å². The summed E-state index contributed by atoms with van der Waals surface area (Å²) in [6.07, 6.45) is -4.61. The number of aromatic nitrogens is 2. The number of aryl methyl sites for hydroxylation is 1. The van der Waals surface area contributed by atoms with Crippen LogP contribution in [0.1, 0.15) is 17.1 Å². The van der Waals surface area contributed by atoms with Gasteiger partial charge in [-0.3, -0.25) is 4.79 Å². The summed E-state index contributed by atoms with van der Waals surface area (Å²) in [5.41, 5.74) is 2.40. The van der Waals surface area contributed by atoms with Gasteiger partial charge in [0, 0.05) is 30.0 Å². The fourth-order valence-electron chi connectivity index (χ4n) is 2.73. The Hall–Kier alpha value is -2.64. The molecule has 1 N–H and O–H groups in total. The molecule has 0 amide bonds. The number of carboxylic acid groups (broad SMARTS) is 1. The highest BCUT2D eigenvalue weighted by Crippen LogP contribution is 2.33. The zero-order valence-electron chi connectivity index (χ0n) is 13.6. The first kappa shape index (κ1) is 17.2. The van der Waals surface area contributed by atoms with Crippen LogP contribution in [-0.4, -0.2) is 34.1 Å². The quantitative estimate of drug-likeness (QED) is 0.919. The molecule has 1 saturated heterocycles. The van der Waals surface area contributed by atoms with Crippen molar-refractivity contribution in [1.82, 2.24) is 9.97 Å². The first-order valence-corrected chi connectivity index (χ1v) is 7.67. The van der Waals surface area contributed by atoms with Crippen LogP contribution in [0.5, 0.6) is 0 Å². The molecule has 5 nitrogen and oxygen atoms in total. The van der Waals surface area contributed by atoms with Crippen molar-refractivity contribution >= 4 is 11.7 Å². The number of carboxylic acids is 1. The zero-order valence-corrected chi connectivity index (χ0v) is 13.6. The molecule has 1 aromatic carbocycles. The number of carbonyl (C=O) groups is 1. The summed E-state index contributed by atoms with van der Waals surface area (Å²) < 4.78 is 39.0. The number of anilines is 1. The molecular formula is C17H16F3N3O2. The van der Waals surface area contributed by atoms with Crippen LogP contribution < -0.4 is 4.90 Å². The SMILES string of the molecule is Cc1nc(C(F)(F)F)nc(-c2cccc(N3CC(C(=O)O)C3)c2)c1C. The molecule has 1 fully saturated rings. The minimum absolute atomic E-state index is 0.233. The monoisotopic (exact) mass is 351 g/mol. The van der Waals surface area contributed by atoms with Gasteiger partial charge in [-0.05, 0) is 31.5 Å². The van der Waals surface area contributed by atoms with E-state index in [0.717, 1.165) is 5.69 Å². The van der Waals surface area contributed by atoms with Crippen LogP contribution in [0, 0.1) is 19.8 Å². The summed E-state index contributed by atoms with van der Waals surface area (Å²) in [5.74, 6) is -2.42. The molecule has 0 atom stereocenters. The largest absolute Gasteiger partial charge is 0.481 e. The summed E-state index contributed by atoms with van der Waals surface area (Å²) in [6.45, 7) is 3.97. The highest BCUT2D eigenvalue weighted by atomic mass is 19.4. The third-order valence-electron chi connectivity index (χ3n) is 4.36. The number of rotatable bonds is 3. The second-order valence-corrected chi connectivity index (χ2v) is 6.09. The van der Waals surface area contributed by atoms with E-state index >= 15 is 0 Å². The number of alkyl halides is 3. The second kappa shape index (κ2) is 6.02. The first-order valence-electron chi connectivity index (χ1n) is 7.67. The Balaban J connectivity index is 1.96. The molecule has 0 aliphatic carbocycles. The highest BCUT2D eigenvalue weighted by Gasteiger charge is 2.36. The maximum absolute atomic E-state index is 13.0. The lowest BCUT2D eigenvalue weighted by molar-refractivity contribution is -0.145. The Labute approximate surface area is 142 Å². The normalized spacial score (nSPS) is 15.2. The maximum Gasteiger partial charge on any atom is 0.451 e. The van der Waals surface area contributed by atoms with Crippen molar-refractivity contribution in [2.45, 2.75) is 20.0 Å². The summed E-state index contributed by atoms with van der Waals surface area (Å²) in [7, 11) is 0. The number of aliphatic carboxylic acids is 1. The van der Waals surface area contributed by atoms with Crippen molar-refractivity contribution < 1.29 is 23.1 Å². The van der Waals surface area contributed by atoms with E-state index in [1.807, 2.05) is 4.90 Å². The zero-order chi connectivity index (χ0) is 18.4. The van der Waals surface area contributed by atoms with Gasteiger partial charge in [0.15, 0.2) is 0 Å². The van der Waals surface area contributed by atoms with Gasteiger partial charge in [0.25, 0.3) is 0 Å². The highest BCUT2D eigenvalue weighted by molar-refractivity contribution is 5.76. The van der Waals surface area contributed by atoms with Gasteiger partial charge in [-0.15, -0.1) is 0 Å². The third kappa shape index (κ3) is 3.29. The van der Waals surface area contributed by atoms with Gasteiger partial charge in [-0.2, -0.15) is 13.2 Å². The number of hydrogen-bond donors (Lipinski definition) is 1. The van der Waals surface area contributed by atoms with E-state index in [0.29, 0.717) is 24.2 Å². The van der Waals surface area contributed by atoms with Crippen LogP contribution in [0.2, 0.25) is 0 Å². The van der Waals surface area contributed by atoms with Crippen molar-refractivity contribution in [3.05, 3.63) is 41.3 Å². The van der Waals surface area contributed by atoms with Gasteiger partial charge in [0.1, 0.15) is 0 Å². The molecule has 3 rings (SSSR count). The number of hydrogen-bond acceptors (Lipinski definition) is 4. The van der Waals surface area contributed by atoms with Crippen LogP contribution >= 0.6 is 0 Å². The van der Waals surface area contributed by atoms with Gasteiger partial charge in [-0.25, -0.2) is 9.97 Å². The molecule has 0 unspecified atom stereocenters. The minimum atomic E-state index is -4.61. The average Bonchev–Trinajstić information content (AvgIpc) is 2.47. The predicted molar refractivity (Wildman–Crippen MR) is 85.3 cm³/mol. The molecule has 25 heavy (non-hydrogen) atoms. The van der Waals surface area contributed by atoms with Crippen molar-refractivity contribution in [2.75, 3.05) is 18.0 Å².